The van der Waals surface area contributed by atoms with Crippen molar-refractivity contribution in [3.63, 3.8) is 0 Å². The van der Waals surface area contributed by atoms with Crippen LogP contribution in [0.25, 0.3) is 11.0 Å². The summed E-state index contributed by atoms with van der Waals surface area (Å²) < 4.78 is 15.1. The summed E-state index contributed by atoms with van der Waals surface area (Å²) in [7, 11) is 0. The number of carbonyl (C=O) groups is 2. The molecule has 5 rings (SSSR count). The molecular formula is C26H22ClFN4O2. The van der Waals surface area contributed by atoms with Gasteiger partial charge < -0.3 is 14.8 Å². The van der Waals surface area contributed by atoms with Crippen molar-refractivity contribution in [1.82, 2.24) is 19.8 Å². The maximum atomic E-state index is 13.7. The first-order chi connectivity index (χ1) is 16.3. The van der Waals surface area contributed by atoms with Crippen molar-refractivity contribution in [3.05, 3.63) is 101 Å². The van der Waals surface area contributed by atoms with Gasteiger partial charge in [0.1, 0.15) is 11.4 Å². The van der Waals surface area contributed by atoms with Crippen LogP contribution in [-0.4, -0.2) is 31.8 Å². The molecule has 0 saturated heterocycles. The summed E-state index contributed by atoms with van der Waals surface area (Å²) in [6.45, 7) is 2.45. The Morgan fingerprint density at radius 3 is 2.47 bits per heavy atom. The molecule has 0 aliphatic carbocycles. The maximum absolute atomic E-state index is 13.7. The predicted octanol–water partition coefficient (Wildman–Crippen LogP) is 4.56. The first-order valence-electron chi connectivity index (χ1n) is 10.9. The van der Waals surface area contributed by atoms with Crippen LogP contribution in [0, 0.1) is 5.82 Å². The summed E-state index contributed by atoms with van der Waals surface area (Å²) in [5, 5.41) is 3.53. The Morgan fingerprint density at radius 1 is 1.06 bits per heavy atom. The van der Waals surface area contributed by atoms with Gasteiger partial charge in [0, 0.05) is 18.1 Å². The number of carbonyl (C=O) groups excluding carboxylic acids is 2. The van der Waals surface area contributed by atoms with Crippen molar-refractivity contribution in [2.45, 2.75) is 32.1 Å². The van der Waals surface area contributed by atoms with Gasteiger partial charge in [-0.25, -0.2) is 9.37 Å². The van der Waals surface area contributed by atoms with E-state index in [0.29, 0.717) is 16.4 Å². The molecule has 6 nitrogen and oxygen atoms in total. The van der Waals surface area contributed by atoms with Crippen molar-refractivity contribution in [3.8, 4) is 0 Å². The Kier molecular flexibility index (Phi) is 5.57. The van der Waals surface area contributed by atoms with Crippen molar-refractivity contribution in [1.29, 1.82) is 0 Å². The predicted molar refractivity (Wildman–Crippen MR) is 128 cm³/mol. The molecule has 34 heavy (non-hydrogen) atoms. The number of hydrogen-bond acceptors (Lipinski definition) is 3. The molecule has 0 unspecified atom stereocenters. The van der Waals surface area contributed by atoms with Gasteiger partial charge in [0.2, 0.25) is 5.91 Å². The highest BCUT2D eigenvalue weighted by Gasteiger charge is 2.48. The molecule has 172 valence electrons. The lowest BCUT2D eigenvalue weighted by molar-refractivity contribution is -0.133. The van der Waals surface area contributed by atoms with Crippen molar-refractivity contribution in [2.75, 3.05) is 0 Å². The van der Waals surface area contributed by atoms with Gasteiger partial charge in [-0.05, 0) is 54.4 Å². The van der Waals surface area contributed by atoms with Gasteiger partial charge in [-0.2, -0.15) is 0 Å². The van der Waals surface area contributed by atoms with E-state index in [-0.39, 0.29) is 37.3 Å². The first-order valence-corrected chi connectivity index (χ1v) is 11.3. The van der Waals surface area contributed by atoms with Gasteiger partial charge in [-0.3, -0.25) is 9.59 Å². The molecule has 1 N–H and O–H groups in total. The van der Waals surface area contributed by atoms with Gasteiger partial charge in [-0.15, -0.1) is 0 Å². The zero-order valence-electron chi connectivity index (χ0n) is 18.5. The Balaban J connectivity index is 1.51. The van der Waals surface area contributed by atoms with E-state index < -0.39 is 5.54 Å². The fraction of sp³-hybridized carbons (Fsp3) is 0.192. The average molecular weight is 477 g/mol. The number of halogens is 2. The molecule has 1 aromatic heterocycles. The lowest BCUT2D eigenvalue weighted by atomic mass is 9.94. The molecule has 4 aromatic rings. The summed E-state index contributed by atoms with van der Waals surface area (Å²) in [5.41, 5.74) is 1.92. The second-order valence-electron chi connectivity index (χ2n) is 8.61. The standard InChI is InChI=1S/C26H22ClFN4O2/c1-26(25(34)29-14-17-8-12-20(28)13-9-17)16-31-22-5-3-2-4-21(22)30-23(31)24(33)32(26)15-18-6-10-19(27)11-7-18/h2-13H,14-16H2,1H3,(H,29,34)/t26-/m1/s1. The minimum atomic E-state index is -1.19. The molecular weight excluding hydrogens is 455 g/mol. The van der Waals surface area contributed by atoms with Crippen molar-refractivity contribution in [2.24, 2.45) is 0 Å². The third-order valence-electron chi connectivity index (χ3n) is 6.26. The minimum absolute atomic E-state index is 0.217. The highest BCUT2D eigenvalue weighted by molar-refractivity contribution is 6.30. The molecule has 0 saturated carbocycles. The molecule has 1 aliphatic rings. The molecule has 0 fully saturated rings. The van der Waals surface area contributed by atoms with Crippen LogP contribution in [0.5, 0.6) is 0 Å². The fourth-order valence-electron chi connectivity index (χ4n) is 4.32. The number of para-hydroxylation sites is 2. The third kappa shape index (κ3) is 3.92. The number of nitrogens with one attached hydrogen (secondary N) is 1. The van der Waals surface area contributed by atoms with E-state index in [4.69, 9.17) is 11.6 Å². The van der Waals surface area contributed by atoms with Crippen LogP contribution in [0.4, 0.5) is 4.39 Å². The summed E-state index contributed by atoms with van der Waals surface area (Å²) in [4.78, 5) is 33.4. The molecule has 0 bridgehead atoms. The summed E-state index contributed by atoms with van der Waals surface area (Å²) >= 11 is 6.03. The molecule has 0 radical (unpaired) electrons. The minimum Gasteiger partial charge on any atom is -0.350 e. The first kappa shape index (κ1) is 22.1. The SMILES string of the molecule is C[C@]1(C(=O)NCc2ccc(F)cc2)Cn2c(nc3ccccc32)C(=O)N1Cc1ccc(Cl)cc1. The fourth-order valence-corrected chi connectivity index (χ4v) is 4.45. The van der Waals surface area contributed by atoms with E-state index in [2.05, 4.69) is 10.3 Å². The highest BCUT2D eigenvalue weighted by atomic mass is 35.5. The lowest BCUT2D eigenvalue weighted by Crippen LogP contribution is -2.63. The van der Waals surface area contributed by atoms with Crippen LogP contribution >= 0.6 is 11.6 Å². The van der Waals surface area contributed by atoms with E-state index in [1.165, 1.54) is 12.1 Å². The number of aromatic nitrogens is 2. The van der Waals surface area contributed by atoms with Crippen LogP contribution in [0.15, 0.2) is 72.8 Å². The second-order valence-corrected chi connectivity index (χ2v) is 9.05. The van der Waals surface area contributed by atoms with Crippen LogP contribution < -0.4 is 5.32 Å². The monoisotopic (exact) mass is 476 g/mol. The maximum Gasteiger partial charge on any atom is 0.291 e. The van der Waals surface area contributed by atoms with E-state index in [9.17, 15) is 14.0 Å². The summed E-state index contributed by atoms with van der Waals surface area (Å²) in [6, 6.07) is 20.6. The van der Waals surface area contributed by atoms with Crippen LogP contribution in [0.1, 0.15) is 28.7 Å². The molecule has 2 amide bonds. The molecule has 0 spiro atoms. The van der Waals surface area contributed by atoms with Crippen LogP contribution in [-0.2, 0) is 24.4 Å². The number of amides is 2. The van der Waals surface area contributed by atoms with Gasteiger partial charge in [0.05, 0.1) is 17.6 Å². The number of rotatable bonds is 5. The van der Waals surface area contributed by atoms with Gasteiger partial charge in [0.25, 0.3) is 5.91 Å². The zero-order valence-corrected chi connectivity index (χ0v) is 19.2. The van der Waals surface area contributed by atoms with E-state index in [1.54, 1.807) is 36.1 Å². The topological polar surface area (TPSA) is 67.2 Å². The van der Waals surface area contributed by atoms with E-state index in [1.807, 2.05) is 41.0 Å². The zero-order chi connectivity index (χ0) is 23.9. The molecule has 3 aromatic carbocycles. The number of fused-ring (bicyclic) bond motifs is 3. The summed E-state index contributed by atoms with van der Waals surface area (Å²) in [5.74, 6) is -0.660. The molecule has 2 heterocycles. The number of nitrogens with zero attached hydrogens (tertiary/aromatic N) is 3. The third-order valence-corrected chi connectivity index (χ3v) is 6.51. The average Bonchev–Trinajstić information content (AvgIpc) is 3.21. The number of imidazole rings is 1. The van der Waals surface area contributed by atoms with Crippen LogP contribution in [0.2, 0.25) is 5.02 Å². The Hall–Kier alpha value is -3.71. The van der Waals surface area contributed by atoms with E-state index in [0.717, 1.165) is 16.6 Å². The summed E-state index contributed by atoms with van der Waals surface area (Å²) in [6.07, 6.45) is 0. The van der Waals surface area contributed by atoms with Gasteiger partial charge >= 0.3 is 0 Å². The smallest absolute Gasteiger partial charge is 0.291 e. The Labute approximate surface area is 201 Å². The molecule has 1 aliphatic heterocycles. The molecule has 1 atom stereocenters. The van der Waals surface area contributed by atoms with E-state index >= 15 is 0 Å². The van der Waals surface area contributed by atoms with Crippen molar-refractivity contribution < 1.29 is 14.0 Å². The normalized spacial score (nSPS) is 17.6. The second kappa shape index (κ2) is 8.57. The number of hydrogen-bond donors (Lipinski definition) is 1. The van der Waals surface area contributed by atoms with Gasteiger partial charge in [-0.1, -0.05) is 48.0 Å². The highest BCUT2D eigenvalue weighted by Crippen LogP contribution is 2.32. The lowest BCUT2D eigenvalue weighted by Gasteiger charge is -2.43. The van der Waals surface area contributed by atoms with Crippen molar-refractivity contribution >= 4 is 34.4 Å². The number of benzene rings is 3. The Morgan fingerprint density at radius 2 is 1.74 bits per heavy atom. The quantitative estimate of drug-likeness (QED) is 0.459. The Bertz CT molecular complexity index is 1380. The largest absolute Gasteiger partial charge is 0.350 e. The molecule has 8 heteroatoms. The van der Waals surface area contributed by atoms with Gasteiger partial charge in [0.15, 0.2) is 5.82 Å². The van der Waals surface area contributed by atoms with Crippen LogP contribution in [0.3, 0.4) is 0 Å².